The smallest absolute Gasteiger partial charge is 0.264 e. The first kappa shape index (κ1) is 16.0. The van der Waals surface area contributed by atoms with Crippen LogP contribution < -0.4 is 4.31 Å². The molecule has 0 heterocycles. The van der Waals surface area contributed by atoms with E-state index >= 15 is 0 Å². The van der Waals surface area contributed by atoms with E-state index in [-0.39, 0.29) is 15.9 Å². The molecule has 0 amide bonds. The van der Waals surface area contributed by atoms with Gasteiger partial charge in [0.2, 0.25) is 0 Å². The van der Waals surface area contributed by atoms with Crippen LogP contribution in [0.3, 0.4) is 0 Å². The summed E-state index contributed by atoms with van der Waals surface area (Å²) >= 11 is 3.02. The lowest BCUT2D eigenvalue weighted by molar-refractivity contribution is 0.586. The molecule has 0 saturated heterocycles. The number of nitrogens with zero attached hydrogens (tertiary/aromatic N) is 1. The molecular formula is C15H15BrFNO2S. The second-order valence-electron chi connectivity index (χ2n) is 4.58. The highest BCUT2D eigenvalue weighted by Gasteiger charge is 2.24. The average Bonchev–Trinajstić information content (AvgIpc) is 2.44. The fourth-order valence-electron chi connectivity index (χ4n) is 1.97. The molecule has 0 fully saturated rings. The number of halogens is 2. The van der Waals surface area contributed by atoms with Gasteiger partial charge in [-0.3, -0.25) is 4.31 Å². The Bertz CT molecular complexity index is 745. The normalized spacial score (nSPS) is 11.4. The predicted molar refractivity (Wildman–Crippen MR) is 85.5 cm³/mol. The van der Waals surface area contributed by atoms with Crippen molar-refractivity contribution in [2.24, 2.45) is 0 Å². The lowest BCUT2D eigenvalue weighted by Crippen LogP contribution is -2.30. The van der Waals surface area contributed by atoms with Gasteiger partial charge in [0.15, 0.2) is 0 Å². The minimum absolute atomic E-state index is 0.0642. The van der Waals surface area contributed by atoms with Crippen molar-refractivity contribution in [2.75, 3.05) is 10.8 Å². The highest BCUT2D eigenvalue weighted by Crippen LogP contribution is 2.26. The topological polar surface area (TPSA) is 37.4 Å². The average molecular weight is 372 g/mol. The molecule has 0 N–H and O–H groups in total. The number of aryl methyl sites for hydroxylation is 1. The second kappa shape index (κ2) is 6.15. The molecule has 21 heavy (non-hydrogen) atoms. The standard InChI is InChI=1S/C15H15BrFNO2S/c1-3-18(12-6-4-11(2)5-7-12)21(19,20)13-8-9-14(16)15(17)10-13/h4-10H,3H2,1-2H3. The van der Waals surface area contributed by atoms with Crippen molar-refractivity contribution in [3.05, 3.63) is 58.3 Å². The molecule has 0 aromatic heterocycles. The molecular weight excluding hydrogens is 357 g/mol. The van der Waals surface area contributed by atoms with Gasteiger partial charge in [-0.15, -0.1) is 0 Å². The largest absolute Gasteiger partial charge is 0.267 e. The predicted octanol–water partition coefficient (Wildman–Crippen LogP) is 4.11. The molecule has 2 aromatic carbocycles. The zero-order chi connectivity index (χ0) is 15.6. The van der Waals surface area contributed by atoms with Crippen LogP contribution in [0, 0.1) is 12.7 Å². The Labute approximate surface area is 132 Å². The first-order valence-electron chi connectivity index (χ1n) is 6.40. The summed E-state index contributed by atoms with van der Waals surface area (Å²) in [6, 6.07) is 11.0. The first-order chi connectivity index (χ1) is 9.86. The zero-order valence-electron chi connectivity index (χ0n) is 11.7. The van der Waals surface area contributed by atoms with Crippen molar-refractivity contribution in [1.29, 1.82) is 0 Å². The van der Waals surface area contributed by atoms with Crippen LogP contribution in [-0.2, 0) is 10.0 Å². The maximum absolute atomic E-state index is 13.6. The molecule has 0 atom stereocenters. The third-order valence-electron chi connectivity index (χ3n) is 3.09. The van der Waals surface area contributed by atoms with Crippen molar-refractivity contribution in [3.63, 3.8) is 0 Å². The van der Waals surface area contributed by atoms with E-state index in [9.17, 15) is 12.8 Å². The Morgan fingerprint density at radius 1 is 1.14 bits per heavy atom. The van der Waals surface area contributed by atoms with E-state index in [1.807, 2.05) is 19.1 Å². The van der Waals surface area contributed by atoms with Crippen molar-refractivity contribution >= 4 is 31.6 Å². The van der Waals surface area contributed by atoms with Crippen molar-refractivity contribution < 1.29 is 12.8 Å². The highest BCUT2D eigenvalue weighted by molar-refractivity contribution is 9.10. The number of rotatable bonds is 4. The number of hydrogen-bond acceptors (Lipinski definition) is 2. The van der Waals surface area contributed by atoms with Gasteiger partial charge >= 0.3 is 0 Å². The molecule has 0 unspecified atom stereocenters. The van der Waals surface area contributed by atoms with E-state index < -0.39 is 15.8 Å². The summed E-state index contributed by atoms with van der Waals surface area (Å²) in [4.78, 5) is -0.0642. The maximum atomic E-state index is 13.6. The van der Waals surface area contributed by atoms with Crippen LogP contribution in [0.2, 0.25) is 0 Å². The van der Waals surface area contributed by atoms with Gasteiger partial charge in [0.1, 0.15) is 5.82 Å². The first-order valence-corrected chi connectivity index (χ1v) is 8.64. The molecule has 0 bridgehead atoms. The van der Waals surface area contributed by atoms with Gasteiger partial charge in [-0.2, -0.15) is 0 Å². The van der Waals surface area contributed by atoms with Gasteiger partial charge in [0.05, 0.1) is 15.1 Å². The van der Waals surface area contributed by atoms with Crippen LogP contribution in [0.4, 0.5) is 10.1 Å². The van der Waals surface area contributed by atoms with Gasteiger partial charge in [0, 0.05) is 6.54 Å². The van der Waals surface area contributed by atoms with Gasteiger partial charge in [0.25, 0.3) is 10.0 Å². The molecule has 6 heteroatoms. The van der Waals surface area contributed by atoms with Crippen molar-refractivity contribution in [1.82, 2.24) is 0 Å². The molecule has 0 aliphatic carbocycles. The Balaban J connectivity index is 2.49. The van der Waals surface area contributed by atoms with Crippen LogP contribution >= 0.6 is 15.9 Å². The van der Waals surface area contributed by atoms with Crippen LogP contribution in [0.5, 0.6) is 0 Å². The van der Waals surface area contributed by atoms with Crippen molar-refractivity contribution in [2.45, 2.75) is 18.7 Å². The van der Waals surface area contributed by atoms with E-state index in [0.717, 1.165) is 11.6 Å². The summed E-state index contributed by atoms with van der Waals surface area (Å²) in [6.45, 7) is 3.94. The number of anilines is 1. The quantitative estimate of drug-likeness (QED) is 0.810. The molecule has 0 radical (unpaired) electrons. The monoisotopic (exact) mass is 371 g/mol. The second-order valence-corrected chi connectivity index (χ2v) is 7.30. The summed E-state index contributed by atoms with van der Waals surface area (Å²) in [5.41, 5.74) is 1.60. The lowest BCUT2D eigenvalue weighted by Gasteiger charge is -2.23. The van der Waals surface area contributed by atoms with Gasteiger partial charge in [-0.05, 0) is 60.1 Å². The molecule has 0 saturated carbocycles. The maximum Gasteiger partial charge on any atom is 0.264 e. The van der Waals surface area contributed by atoms with E-state index in [0.29, 0.717) is 5.69 Å². The van der Waals surface area contributed by atoms with Gasteiger partial charge < -0.3 is 0 Å². The van der Waals surface area contributed by atoms with Crippen LogP contribution in [0.1, 0.15) is 12.5 Å². The van der Waals surface area contributed by atoms with Crippen molar-refractivity contribution in [3.8, 4) is 0 Å². The van der Waals surface area contributed by atoms with Gasteiger partial charge in [-0.1, -0.05) is 17.7 Å². The van der Waals surface area contributed by atoms with Crippen LogP contribution in [0.25, 0.3) is 0 Å². The summed E-state index contributed by atoms with van der Waals surface area (Å²) in [5.74, 6) is -0.601. The molecule has 2 rings (SSSR count). The highest BCUT2D eigenvalue weighted by atomic mass is 79.9. The Kier molecular flexibility index (Phi) is 4.68. The van der Waals surface area contributed by atoms with E-state index in [1.165, 1.54) is 16.4 Å². The summed E-state index contributed by atoms with van der Waals surface area (Å²) in [5, 5.41) is 0. The SMILES string of the molecule is CCN(c1ccc(C)cc1)S(=O)(=O)c1ccc(Br)c(F)c1. The fourth-order valence-corrected chi connectivity index (χ4v) is 3.70. The van der Waals surface area contributed by atoms with E-state index in [1.54, 1.807) is 19.1 Å². The Hall–Kier alpha value is -1.40. The minimum atomic E-state index is -3.78. The van der Waals surface area contributed by atoms with Crippen LogP contribution in [0.15, 0.2) is 51.8 Å². The third-order valence-corrected chi connectivity index (χ3v) is 5.63. The molecule has 0 spiro atoms. The summed E-state index contributed by atoms with van der Waals surface area (Å²) in [6.07, 6.45) is 0. The van der Waals surface area contributed by atoms with Crippen LogP contribution in [-0.4, -0.2) is 15.0 Å². The third kappa shape index (κ3) is 3.27. The fraction of sp³-hybridized carbons (Fsp3) is 0.200. The van der Waals surface area contributed by atoms with Gasteiger partial charge in [-0.25, -0.2) is 12.8 Å². The van der Waals surface area contributed by atoms with E-state index in [2.05, 4.69) is 15.9 Å². The number of sulfonamides is 1. The Morgan fingerprint density at radius 2 is 1.76 bits per heavy atom. The summed E-state index contributed by atoms with van der Waals surface area (Å²) in [7, 11) is -3.78. The number of hydrogen-bond donors (Lipinski definition) is 0. The molecule has 112 valence electrons. The molecule has 0 aliphatic heterocycles. The molecule has 3 nitrogen and oxygen atoms in total. The van der Waals surface area contributed by atoms with E-state index in [4.69, 9.17) is 0 Å². The Morgan fingerprint density at radius 3 is 2.29 bits per heavy atom. The summed E-state index contributed by atoms with van der Waals surface area (Å²) < 4.78 is 40.4. The number of benzene rings is 2. The molecule has 0 aliphatic rings. The zero-order valence-corrected chi connectivity index (χ0v) is 14.1. The minimum Gasteiger partial charge on any atom is -0.267 e. The lowest BCUT2D eigenvalue weighted by atomic mass is 10.2. The molecule has 2 aromatic rings.